The summed E-state index contributed by atoms with van der Waals surface area (Å²) in [5.41, 5.74) is 1.09. The maximum absolute atomic E-state index is 12.0. The van der Waals surface area contributed by atoms with Crippen LogP contribution in [0.3, 0.4) is 0 Å². The van der Waals surface area contributed by atoms with Crippen molar-refractivity contribution < 1.29 is 8.42 Å². The van der Waals surface area contributed by atoms with Gasteiger partial charge in [-0.05, 0) is 37.8 Å². The molecular formula is C16H21ClN4O2S2. The summed E-state index contributed by atoms with van der Waals surface area (Å²) in [4.78, 5) is 1.16. The Kier molecular flexibility index (Phi) is 4.56. The van der Waals surface area contributed by atoms with Crippen LogP contribution in [0, 0.1) is 0 Å². The van der Waals surface area contributed by atoms with Crippen LogP contribution in [0.5, 0.6) is 0 Å². The topological polar surface area (TPSA) is 78.1 Å². The van der Waals surface area contributed by atoms with Gasteiger partial charge in [-0.1, -0.05) is 11.6 Å². The van der Waals surface area contributed by atoms with E-state index in [2.05, 4.69) is 21.6 Å². The lowest BCUT2D eigenvalue weighted by atomic mass is 9.90. The first-order valence-corrected chi connectivity index (χ1v) is 11.5. The van der Waals surface area contributed by atoms with Gasteiger partial charge in [0.25, 0.3) is 0 Å². The van der Waals surface area contributed by atoms with Crippen LogP contribution in [0.25, 0.3) is 0 Å². The minimum Gasteiger partial charge on any atom is -0.364 e. The zero-order chi connectivity index (χ0) is 17.6. The maximum Gasteiger partial charge on any atom is 0.211 e. The quantitative estimate of drug-likeness (QED) is 0.806. The Morgan fingerprint density at radius 3 is 2.68 bits per heavy atom. The minimum absolute atomic E-state index is 0.131. The van der Waals surface area contributed by atoms with Gasteiger partial charge >= 0.3 is 0 Å². The number of nitrogens with zero attached hydrogens (tertiary/aromatic N) is 2. The largest absolute Gasteiger partial charge is 0.364 e. The number of fused-ring (bicyclic) bond motifs is 2. The van der Waals surface area contributed by atoms with E-state index in [1.165, 1.54) is 6.26 Å². The third-order valence-corrected chi connectivity index (χ3v) is 7.75. The number of anilines is 1. The van der Waals surface area contributed by atoms with Crippen LogP contribution < -0.4 is 5.32 Å². The molecule has 0 amide bonds. The van der Waals surface area contributed by atoms with E-state index in [0.29, 0.717) is 12.5 Å². The zero-order valence-corrected chi connectivity index (χ0v) is 16.3. The second-order valence-corrected chi connectivity index (χ2v) is 10.6. The van der Waals surface area contributed by atoms with Gasteiger partial charge < -0.3 is 5.32 Å². The molecule has 4 heterocycles. The lowest BCUT2D eigenvalue weighted by molar-refractivity contribution is 0.225. The number of halogens is 1. The van der Waals surface area contributed by atoms with Gasteiger partial charge in [0.05, 0.1) is 17.1 Å². The Labute approximate surface area is 156 Å². The Morgan fingerprint density at radius 1 is 1.36 bits per heavy atom. The molecule has 2 atom stereocenters. The van der Waals surface area contributed by atoms with Gasteiger partial charge in [-0.3, -0.25) is 5.10 Å². The van der Waals surface area contributed by atoms with Crippen LogP contribution in [0.1, 0.15) is 42.2 Å². The highest BCUT2D eigenvalue weighted by Gasteiger charge is 2.45. The molecule has 0 spiro atoms. The van der Waals surface area contributed by atoms with Crippen molar-refractivity contribution in [2.75, 3.05) is 11.6 Å². The lowest BCUT2D eigenvalue weighted by Gasteiger charge is -2.36. The van der Waals surface area contributed by atoms with Crippen molar-refractivity contribution in [1.82, 2.24) is 14.5 Å². The molecule has 0 radical (unpaired) electrons. The van der Waals surface area contributed by atoms with E-state index in [1.807, 2.05) is 12.1 Å². The van der Waals surface area contributed by atoms with Gasteiger partial charge in [-0.25, -0.2) is 8.42 Å². The fourth-order valence-electron chi connectivity index (χ4n) is 4.19. The van der Waals surface area contributed by atoms with Crippen molar-refractivity contribution in [2.24, 2.45) is 0 Å². The van der Waals surface area contributed by atoms with Gasteiger partial charge in [0, 0.05) is 34.6 Å². The molecule has 2 unspecified atom stereocenters. The van der Waals surface area contributed by atoms with E-state index in [0.717, 1.165) is 46.4 Å². The molecule has 2 saturated heterocycles. The fraction of sp³-hybridized carbons (Fsp3) is 0.562. The van der Waals surface area contributed by atoms with Gasteiger partial charge in [-0.2, -0.15) is 9.40 Å². The number of aromatic amines is 1. The molecule has 9 heteroatoms. The molecule has 2 aliphatic heterocycles. The Morgan fingerprint density at radius 2 is 2.08 bits per heavy atom. The second kappa shape index (κ2) is 6.57. The summed E-state index contributed by atoms with van der Waals surface area (Å²) in [7, 11) is -3.11. The molecule has 25 heavy (non-hydrogen) atoms. The molecule has 2 bridgehead atoms. The van der Waals surface area contributed by atoms with Crippen LogP contribution in [-0.4, -0.2) is 41.3 Å². The average Bonchev–Trinajstić information content (AvgIpc) is 3.23. The van der Waals surface area contributed by atoms with Crippen LogP contribution in [0.2, 0.25) is 4.34 Å². The Balaban J connectivity index is 1.41. The van der Waals surface area contributed by atoms with E-state index in [-0.39, 0.29) is 12.1 Å². The average molecular weight is 401 g/mol. The number of H-pyrrole nitrogens is 1. The summed E-state index contributed by atoms with van der Waals surface area (Å²) in [5, 5.41) is 10.8. The second-order valence-electron chi connectivity index (χ2n) is 6.91. The summed E-state index contributed by atoms with van der Waals surface area (Å²) >= 11 is 7.50. The third kappa shape index (κ3) is 3.58. The number of piperidine rings is 1. The number of nitrogens with one attached hydrogen (secondary N) is 2. The van der Waals surface area contributed by atoms with Crippen LogP contribution in [0.15, 0.2) is 18.2 Å². The van der Waals surface area contributed by atoms with Crippen LogP contribution in [0.4, 0.5) is 5.82 Å². The first kappa shape index (κ1) is 17.3. The lowest BCUT2D eigenvalue weighted by Crippen LogP contribution is -2.45. The summed E-state index contributed by atoms with van der Waals surface area (Å²) < 4.78 is 26.5. The normalized spacial score (nSPS) is 26.9. The molecular weight excluding hydrogens is 380 g/mol. The molecule has 2 N–H and O–H groups in total. The predicted molar refractivity (Wildman–Crippen MR) is 101 cm³/mol. The Hall–Kier alpha value is -1.09. The van der Waals surface area contributed by atoms with E-state index >= 15 is 0 Å². The first-order valence-electron chi connectivity index (χ1n) is 8.42. The summed E-state index contributed by atoms with van der Waals surface area (Å²) in [6, 6.07) is 6.21. The molecule has 136 valence electrons. The summed E-state index contributed by atoms with van der Waals surface area (Å²) in [5.74, 6) is 1.16. The number of hydrogen-bond donors (Lipinski definition) is 2. The van der Waals surface area contributed by atoms with Crippen molar-refractivity contribution in [3.8, 4) is 0 Å². The Bertz CT molecular complexity index is 849. The monoisotopic (exact) mass is 400 g/mol. The highest BCUT2D eigenvalue weighted by Crippen LogP contribution is 2.44. The van der Waals surface area contributed by atoms with Crippen LogP contribution in [-0.2, 0) is 16.6 Å². The molecule has 2 aromatic heterocycles. The number of rotatable bonds is 5. The van der Waals surface area contributed by atoms with Gasteiger partial charge in [-0.15, -0.1) is 11.3 Å². The van der Waals surface area contributed by atoms with Crippen molar-refractivity contribution >= 4 is 38.8 Å². The molecule has 2 aliphatic rings. The van der Waals surface area contributed by atoms with Crippen molar-refractivity contribution in [3.63, 3.8) is 0 Å². The number of aromatic nitrogens is 2. The summed E-state index contributed by atoms with van der Waals surface area (Å²) in [6.07, 6.45) is 4.99. The number of hydrogen-bond acceptors (Lipinski definition) is 5. The summed E-state index contributed by atoms with van der Waals surface area (Å²) in [6.45, 7) is 0.694. The number of thiophene rings is 1. The molecule has 4 rings (SSSR count). The van der Waals surface area contributed by atoms with Gasteiger partial charge in [0.15, 0.2) is 0 Å². The maximum atomic E-state index is 12.0. The molecule has 2 aromatic rings. The SMILES string of the molecule is CS(=O)(=O)N1C2CCC1CC(c1cc(NCc3ccc(Cl)s3)n[nH]1)C2. The van der Waals surface area contributed by atoms with E-state index < -0.39 is 10.0 Å². The first-order chi connectivity index (χ1) is 11.9. The molecule has 2 fully saturated rings. The van der Waals surface area contributed by atoms with Crippen molar-refractivity contribution in [2.45, 2.75) is 50.2 Å². The predicted octanol–water partition coefficient (Wildman–Crippen LogP) is 3.41. The van der Waals surface area contributed by atoms with Crippen molar-refractivity contribution in [1.29, 1.82) is 0 Å². The fourth-order valence-corrected chi connectivity index (χ4v) is 6.68. The molecule has 0 aliphatic carbocycles. The molecule has 6 nitrogen and oxygen atoms in total. The van der Waals surface area contributed by atoms with Gasteiger partial charge in [0.1, 0.15) is 5.82 Å². The van der Waals surface area contributed by atoms with E-state index in [9.17, 15) is 8.42 Å². The van der Waals surface area contributed by atoms with Gasteiger partial charge in [0.2, 0.25) is 10.0 Å². The number of sulfonamides is 1. The molecule has 0 saturated carbocycles. The smallest absolute Gasteiger partial charge is 0.211 e. The third-order valence-electron chi connectivity index (χ3n) is 5.16. The highest BCUT2D eigenvalue weighted by atomic mass is 35.5. The van der Waals surface area contributed by atoms with Crippen LogP contribution >= 0.6 is 22.9 Å². The minimum atomic E-state index is -3.11. The molecule has 0 aromatic carbocycles. The zero-order valence-electron chi connectivity index (χ0n) is 13.9. The van der Waals surface area contributed by atoms with E-state index in [1.54, 1.807) is 15.6 Å². The standard InChI is InChI=1S/C16H21ClN4O2S2/c1-25(22,23)21-11-2-3-12(21)7-10(6-11)14-8-16(20-19-14)18-9-13-4-5-15(17)24-13/h4-5,8,10-12H,2-3,6-7,9H2,1H3,(H2,18,19,20). The van der Waals surface area contributed by atoms with Crippen molar-refractivity contribution in [3.05, 3.63) is 33.1 Å². The van der Waals surface area contributed by atoms with E-state index in [4.69, 9.17) is 11.6 Å². The highest BCUT2D eigenvalue weighted by molar-refractivity contribution is 7.88.